The highest BCUT2D eigenvalue weighted by molar-refractivity contribution is 7.97. The minimum absolute atomic E-state index is 0.125. The van der Waals surface area contributed by atoms with Crippen LogP contribution in [0, 0.1) is 13.8 Å². The van der Waals surface area contributed by atoms with E-state index in [1.165, 1.54) is 25.8 Å². The standard InChI is InChI=1S/C24H27OS.C7H5F3O3S/c1-18-16-20(25-24(3,4)5)17-19(2)23(18)26(21-12-8-6-9-13-21)22-14-10-7-11-15-22;8-7(9,10)5-1-3-6(4-2-5)14(11,12)13/h6-17H,1-5H3;1-4H,(H,11,12,13)/q+1;/p-1. The molecule has 0 unspecified atom stereocenters. The molecule has 4 rings (SSSR count). The van der Waals surface area contributed by atoms with Gasteiger partial charge in [-0.25, -0.2) is 8.42 Å². The zero-order valence-corrected chi connectivity index (χ0v) is 24.5. The number of rotatable bonds is 5. The topological polar surface area (TPSA) is 66.4 Å². The molecule has 0 saturated heterocycles. The summed E-state index contributed by atoms with van der Waals surface area (Å²) in [5.41, 5.74) is 1.37. The van der Waals surface area contributed by atoms with Crippen molar-refractivity contribution in [1.29, 1.82) is 0 Å². The second-order valence-corrected chi connectivity index (χ2v) is 13.4. The van der Waals surface area contributed by atoms with Crippen LogP contribution in [0.2, 0.25) is 0 Å². The van der Waals surface area contributed by atoms with Gasteiger partial charge in [-0.05, 0) is 95.3 Å². The van der Waals surface area contributed by atoms with Crippen molar-refractivity contribution in [3.05, 3.63) is 114 Å². The molecule has 0 amide bonds. The summed E-state index contributed by atoms with van der Waals surface area (Å²) in [5.74, 6) is 0.945. The molecule has 0 aliphatic heterocycles. The first-order valence-electron chi connectivity index (χ1n) is 12.3. The molecule has 0 bridgehead atoms. The highest BCUT2D eigenvalue weighted by atomic mass is 32.2. The molecule has 4 aromatic carbocycles. The lowest BCUT2D eigenvalue weighted by atomic mass is 10.1. The van der Waals surface area contributed by atoms with Crippen LogP contribution >= 0.6 is 0 Å². The Bertz CT molecular complexity index is 1450. The fourth-order valence-electron chi connectivity index (χ4n) is 3.94. The van der Waals surface area contributed by atoms with Crippen LogP contribution in [-0.2, 0) is 27.2 Å². The van der Waals surface area contributed by atoms with E-state index in [0.717, 1.165) is 5.75 Å². The average Bonchev–Trinajstić information content (AvgIpc) is 2.86. The van der Waals surface area contributed by atoms with Gasteiger partial charge in [-0.2, -0.15) is 13.2 Å². The van der Waals surface area contributed by atoms with Crippen molar-refractivity contribution in [3.8, 4) is 5.75 Å². The highest BCUT2D eigenvalue weighted by Gasteiger charge is 2.32. The van der Waals surface area contributed by atoms with E-state index >= 15 is 0 Å². The predicted molar refractivity (Wildman–Crippen MR) is 151 cm³/mol. The minimum atomic E-state index is -4.68. The summed E-state index contributed by atoms with van der Waals surface area (Å²) in [6, 6.07) is 28.3. The van der Waals surface area contributed by atoms with Gasteiger partial charge >= 0.3 is 6.18 Å². The Hall–Kier alpha value is -3.27. The maximum absolute atomic E-state index is 12.0. The van der Waals surface area contributed by atoms with Crippen molar-refractivity contribution < 1.29 is 30.9 Å². The molecule has 0 radical (unpaired) electrons. The Morgan fingerprint density at radius 3 is 1.50 bits per heavy atom. The predicted octanol–water partition coefficient (Wildman–Crippen LogP) is 8.19. The van der Waals surface area contributed by atoms with E-state index < -0.39 is 26.8 Å². The van der Waals surface area contributed by atoms with Crippen molar-refractivity contribution in [3.63, 3.8) is 0 Å². The molecule has 0 atom stereocenters. The maximum atomic E-state index is 12.0. The Balaban J connectivity index is 0.000000267. The van der Waals surface area contributed by atoms with Crippen LogP contribution in [0.25, 0.3) is 0 Å². The number of hydrogen-bond donors (Lipinski definition) is 0. The minimum Gasteiger partial charge on any atom is -0.744 e. The molecule has 0 N–H and O–H groups in total. The monoisotopic (exact) mass is 588 g/mol. The number of benzene rings is 4. The van der Waals surface area contributed by atoms with E-state index in [1.807, 2.05) is 0 Å². The van der Waals surface area contributed by atoms with Gasteiger partial charge in [-0.15, -0.1) is 0 Å². The van der Waals surface area contributed by atoms with Gasteiger partial charge < -0.3 is 9.29 Å². The SMILES string of the molecule is Cc1cc(OC(C)(C)C)cc(C)c1[S+](c1ccccc1)c1ccccc1.O=S(=O)([O-])c1ccc(C(F)(F)F)cc1. The molecule has 4 nitrogen and oxygen atoms in total. The van der Waals surface area contributed by atoms with E-state index in [4.69, 9.17) is 4.74 Å². The van der Waals surface area contributed by atoms with Crippen molar-refractivity contribution >= 4 is 21.0 Å². The van der Waals surface area contributed by atoms with Crippen LogP contribution in [0.1, 0.15) is 37.5 Å². The quantitative estimate of drug-likeness (QED) is 0.174. The molecule has 0 aliphatic rings. The van der Waals surface area contributed by atoms with Crippen LogP contribution in [0.3, 0.4) is 0 Å². The van der Waals surface area contributed by atoms with E-state index in [1.54, 1.807) is 0 Å². The molecule has 0 heterocycles. The molecule has 0 spiro atoms. The van der Waals surface area contributed by atoms with Crippen LogP contribution in [0.4, 0.5) is 13.2 Å². The third-order valence-electron chi connectivity index (χ3n) is 5.49. The van der Waals surface area contributed by atoms with Gasteiger partial charge in [0.05, 0.1) is 21.4 Å². The van der Waals surface area contributed by atoms with Gasteiger partial charge in [-0.1, -0.05) is 36.4 Å². The van der Waals surface area contributed by atoms with Crippen molar-refractivity contribution in [1.82, 2.24) is 0 Å². The molecule has 0 aromatic heterocycles. The highest BCUT2D eigenvalue weighted by Crippen LogP contribution is 2.37. The number of hydrogen-bond acceptors (Lipinski definition) is 4. The first kappa shape index (κ1) is 31.3. The van der Waals surface area contributed by atoms with Gasteiger partial charge in [0.2, 0.25) is 0 Å². The Morgan fingerprint density at radius 2 is 1.15 bits per heavy atom. The van der Waals surface area contributed by atoms with Gasteiger partial charge in [0.1, 0.15) is 21.5 Å². The number of aryl methyl sites for hydroxylation is 2. The number of halogens is 3. The Labute approximate surface area is 236 Å². The molecule has 0 aliphatic carbocycles. The molecule has 212 valence electrons. The molecule has 0 saturated carbocycles. The fraction of sp³-hybridized carbons (Fsp3) is 0.226. The van der Waals surface area contributed by atoms with Crippen LogP contribution in [-0.4, -0.2) is 18.6 Å². The van der Waals surface area contributed by atoms with E-state index in [-0.39, 0.29) is 16.5 Å². The third kappa shape index (κ3) is 8.61. The zero-order chi connectivity index (χ0) is 29.7. The normalized spacial score (nSPS) is 12.1. The molecular weight excluding hydrogens is 557 g/mol. The van der Waals surface area contributed by atoms with E-state index in [9.17, 15) is 26.1 Å². The van der Waals surface area contributed by atoms with Crippen LogP contribution in [0.15, 0.2) is 117 Å². The summed E-state index contributed by atoms with van der Waals surface area (Å²) in [5, 5.41) is 0. The van der Waals surface area contributed by atoms with E-state index in [2.05, 4.69) is 107 Å². The molecule has 9 heteroatoms. The fourth-order valence-corrected chi connectivity index (χ4v) is 6.77. The lowest BCUT2D eigenvalue weighted by Crippen LogP contribution is -2.23. The second kappa shape index (κ2) is 12.5. The first-order chi connectivity index (χ1) is 18.6. The lowest BCUT2D eigenvalue weighted by Gasteiger charge is -2.22. The molecule has 0 fully saturated rings. The van der Waals surface area contributed by atoms with Crippen LogP contribution < -0.4 is 4.74 Å². The second-order valence-electron chi connectivity index (χ2n) is 10.0. The van der Waals surface area contributed by atoms with Gasteiger partial charge in [0.15, 0.2) is 14.7 Å². The van der Waals surface area contributed by atoms with Gasteiger partial charge in [0, 0.05) is 11.1 Å². The number of alkyl halides is 3. The smallest absolute Gasteiger partial charge is 0.416 e. The zero-order valence-electron chi connectivity index (χ0n) is 22.8. The maximum Gasteiger partial charge on any atom is 0.416 e. The van der Waals surface area contributed by atoms with Crippen molar-refractivity contribution in [2.24, 2.45) is 0 Å². The molecular formula is C31H31F3O4S2. The molecule has 40 heavy (non-hydrogen) atoms. The summed E-state index contributed by atoms with van der Waals surface area (Å²) < 4.78 is 73.1. The summed E-state index contributed by atoms with van der Waals surface area (Å²) >= 11 is 0. The van der Waals surface area contributed by atoms with Crippen LogP contribution in [0.5, 0.6) is 5.75 Å². The summed E-state index contributed by atoms with van der Waals surface area (Å²) in [6.45, 7) is 10.7. The van der Waals surface area contributed by atoms with Crippen molar-refractivity contribution in [2.75, 3.05) is 0 Å². The van der Waals surface area contributed by atoms with Gasteiger partial charge in [-0.3, -0.25) is 0 Å². The van der Waals surface area contributed by atoms with Gasteiger partial charge in [0.25, 0.3) is 0 Å². The Kier molecular flexibility index (Phi) is 9.76. The number of ether oxygens (including phenoxy) is 1. The largest absolute Gasteiger partial charge is 0.744 e. The summed E-state index contributed by atoms with van der Waals surface area (Å²) in [6.07, 6.45) is -4.54. The summed E-state index contributed by atoms with van der Waals surface area (Å²) in [7, 11) is -4.81. The third-order valence-corrected chi connectivity index (χ3v) is 8.88. The average molecular weight is 589 g/mol. The molecule has 4 aromatic rings. The lowest BCUT2D eigenvalue weighted by molar-refractivity contribution is -0.137. The van der Waals surface area contributed by atoms with Crippen molar-refractivity contribution in [2.45, 2.75) is 66.0 Å². The van der Waals surface area contributed by atoms with E-state index in [0.29, 0.717) is 24.3 Å². The summed E-state index contributed by atoms with van der Waals surface area (Å²) in [4.78, 5) is 3.40. The first-order valence-corrected chi connectivity index (χ1v) is 15.0. The Morgan fingerprint density at radius 1 is 0.725 bits per heavy atom.